The molecule has 7 heteroatoms. The molecule has 4 rings (SSSR count). The Morgan fingerprint density at radius 1 is 0.969 bits per heavy atom. The van der Waals surface area contributed by atoms with Crippen LogP contribution in [-0.2, 0) is 11.3 Å². The summed E-state index contributed by atoms with van der Waals surface area (Å²) < 4.78 is 6.45. The number of carbonyl (C=O) groups is 1. The fourth-order valence-electron chi connectivity index (χ4n) is 3.79. The Morgan fingerprint density at radius 3 is 2.28 bits per heavy atom. The molecule has 2 aromatic carbocycles. The lowest BCUT2D eigenvalue weighted by atomic mass is 10.2. The summed E-state index contributed by atoms with van der Waals surface area (Å²) in [6.07, 6.45) is 5.14. The third-order valence-electron chi connectivity index (χ3n) is 5.53. The number of hydrogen-bond acceptors (Lipinski definition) is 4. The quantitative estimate of drug-likeness (QED) is 0.649. The van der Waals surface area contributed by atoms with Gasteiger partial charge < -0.3 is 14.6 Å². The number of hydrogen-bond donors (Lipinski definition) is 1. The second kappa shape index (κ2) is 9.51. The average Bonchev–Trinajstić information content (AvgIpc) is 3.36. The van der Waals surface area contributed by atoms with E-state index in [9.17, 15) is 14.4 Å². The van der Waals surface area contributed by atoms with E-state index in [1.165, 1.54) is 4.57 Å². The predicted octanol–water partition coefficient (Wildman–Crippen LogP) is 0.825. The minimum Gasteiger partial charge on any atom is -0.497 e. The Kier molecular flexibility index (Phi) is 6.35. The van der Waals surface area contributed by atoms with Crippen molar-refractivity contribution in [3.63, 3.8) is 0 Å². The van der Waals surface area contributed by atoms with Gasteiger partial charge in [0.15, 0.2) is 0 Å². The molecule has 2 heterocycles. The van der Waals surface area contributed by atoms with Gasteiger partial charge >= 0.3 is 0 Å². The van der Waals surface area contributed by atoms with E-state index in [-0.39, 0.29) is 23.2 Å². The minimum atomic E-state index is -0.433. The van der Waals surface area contributed by atoms with Gasteiger partial charge in [0.05, 0.1) is 7.11 Å². The molecular weight excluding hydrogens is 406 g/mol. The van der Waals surface area contributed by atoms with E-state index >= 15 is 0 Å². The van der Waals surface area contributed by atoms with Gasteiger partial charge in [-0.15, -0.1) is 0 Å². The number of aromatic nitrogens is 2. The molecule has 0 bridgehead atoms. The van der Waals surface area contributed by atoms with Crippen molar-refractivity contribution in [2.24, 2.45) is 0 Å². The average molecular weight is 431 g/mol. The monoisotopic (exact) mass is 431 g/mol. The van der Waals surface area contributed by atoms with Crippen molar-refractivity contribution in [2.75, 3.05) is 20.2 Å². The number of H-pyrrole nitrogens is 1. The van der Waals surface area contributed by atoms with E-state index in [1.807, 2.05) is 30.3 Å². The number of amides is 1. The Morgan fingerprint density at radius 2 is 1.62 bits per heavy atom. The van der Waals surface area contributed by atoms with Crippen LogP contribution in [0.2, 0.25) is 0 Å². The van der Waals surface area contributed by atoms with Crippen molar-refractivity contribution >= 4 is 18.1 Å². The van der Waals surface area contributed by atoms with E-state index < -0.39 is 11.1 Å². The van der Waals surface area contributed by atoms with Crippen LogP contribution in [0.3, 0.4) is 0 Å². The molecule has 1 aliphatic heterocycles. The molecule has 3 aromatic rings. The highest BCUT2D eigenvalue weighted by Gasteiger charge is 2.19. The minimum absolute atomic E-state index is 0.137. The largest absolute Gasteiger partial charge is 0.497 e. The zero-order valence-corrected chi connectivity index (χ0v) is 17.9. The summed E-state index contributed by atoms with van der Waals surface area (Å²) in [5.74, 6) is 0.524. The first-order chi connectivity index (χ1) is 15.5. The summed E-state index contributed by atoms with van der Waals surface area (Å²) in [7, 11) is 1.58. The standard InChI is InChI=1S/C25H25N3O4/c1-32-20-11-9-19(10-12-20)16-22-24(30)26-21(15-18-7-3-2-4-8-18)25(31)28(22)17-23(29)27-13-5-6-14-27/h2-4,7-12,15-16H,5-6,13-14,17H2,1H3,(H,26,30)/b21-15-,22-16-. The topological polar surface area (TPSA) is 84.4 Å². The molecule has 164 valence electrons. The predicted molar refractivity (Wildman–Crippen MR) is 123 cm³/mol. The van der Waals surface area contributed by atoms with Gasteiger partial charge in [0.1, 0.15) is 23.0 Å². The molecule has 0 aliphatic carbocycles. The van der Waals surface area contributed by atoms with E-state index in [0.29, 0.717) is 18.8 Å². The lowest BCUT2D eigenvalue weighted by Crippen LogP contribution is -2.55. The van der Waals surface area contributed by atoms with Crippen LogP contribution < -0.4 is 26.6 Å². The molecule has 1 aliphatic rings. The zero-order chi connectivity index (χ0) is 22.5. The number of rotatable bonds is 5. The van der Waals surface area contributed by atoms with Crippen molar-refractivity contribution in [2.45, 2.75) is 19.4 Å². The second-order valence-corrected chi connectivity index (χ2v) is 7.70. The van der Waals surface area contributed by atoms with Gasteiger partial charge in [-0.2, -0.15) is 0 Å². The molecule has 0 spiro atoms. The lowest BCUT2D eigenvalue weighted by molar-refractivity contribution is -0.130. The maximum Gasteiger partial charge on any atom is 0.275 e. The summed E-state index contributed by atoms with van der Waals surface area (Å²) in [4.78, 5) is 43.6. The first-order valence-corrected chi connectivity index (χ1v) is 10.6. The first kappa shape index (κ1) is 21.4. The fraction of sp³-hybridized carbons (Fsp3) is 0.240. The number of benzene rings is 2. The number of nitrogens with one attached hydrogen (secondary N) is 1. The van der Waals surface area contributed by atoms with E-state index in [0.717, 1.165) is 24.0 Å². The van der Waals surface area contributed by atoms with E-state index in [2.05, 4.69) is 4.98 Å². The number of methoxy groups -OCH3 is 1. The molecule has 1 aromatic heterocycles. The van der Waals surface area contributed by atoms with Gasteiger partial charge in [0.2, 0.25) is 5.91 Å². The molecular formula is C25H25N3O4. The molecule has 0 radical (unpaired) electrons. The molecule has 1 amide bonds. The summed E-state index contributed by atoms with van der Waals surface area (Å²) in [6, 6.07) is 16.4. The fourth-order valence-corrected chi connectivity index (χ4v) is 3.79. The van der Waals surface area contributed by atoms with Gasteiger partial charge in [0, 0.05) is 13.1 Å². The van der Waals surface area contributed by atoms with Gasteiger partial charge in [-0.1, -0.05) is 42.5 Å². The Bertz CT molecular complexity index is 1330. The number of nitrogens with zero attached hydrogens (tertiary/aromatic N) is 2. The molecule has 0 atom stereocenters. The molecule has 1 N–H and O–H groups in total. The highest BCUT2D eigenvalue weighted by Crippen LogP contribution is 2.11. The third-order valence-corrected chi connectivity index (χ3v) is 5.53. The van der Waals surface area contributed by atoms with Crippen LogP contribution in [0.15, 0.2) is 64.2 Å². The first-order valence-electron chi connectivity index (χ1n) is 10.6. The molecule has 32 heavy (non-hydrogen) atoms. The summed E-state index contributed by atoms with van der Waals surface area (Å²) >= 11 is 0. The molecule has 0 unspecified atom stereocenters. The maximum absolute atomic E-state index is 13.3. The van der Waals surface area contributed by atoms with Crippen molar-refractivity contribution in [1.82, 2.24) is 14.5 Å². The van der Waals surface area contributed by atoms with Crippen LogP contribution in [0, 0.1) is 0 Å². The third kappa shape index (κ3) is 4.72. The number of likely N-dealkylation sites (tertiary alicyclic amines) is 1. The zero-order valence-electron chi connectivity index (χ0n) is 17.9. The number of ether oxygens (including phenoxy) is 1. The van der Waals surface area contributed by atoms with Crippen molar-refractivity contribution in [3.8, 4) is 5.75 Å². The summed E-state index contributed by atoms with van der Waals surface area (Å²) in [5.41, 5.74) is 0.653. The van der Waals surface area contributed by atoms with Crippen LogP contribution in [0.25, 0.3) is 12.2 Å². The van der Waals surface area contributed by atoms with Crippen molar-refractivity contribution < 1.29 is 9.53 Å². The Balaban J connectivity index is 1.87. The highest BCUT2D eigenvalue weighted by atomic mass is 16.5. The van der Waals surface area contributed by atoms with Gasteiger partial charge in [-0.25, -0.2) is 0 Å². The SMILES string of the molecule is COc1ccc(/C=c2/c(=O)[nH]/c(=C\c3ccccc3)c(=O)n2CC(=O)N2CCCC2)cc1. The van der Waals surface area contributed by atoms with Crippen LogP contribution in [0.1, 0.15) is 24.0 Å². The maximum atomic E-state index is 13.3. The molecule has 0 saturated carbocycles. The Hall–Kier alpha value is -3.87. The highest BCUT2D eigenvalue weighted by molar-refractivity contribution is 5.76. The second-order valence-electron chi connectivity index (χ2n) is 7.70. The molecule has 7 nitrogen and oxygen atoms in total. The van der Waals surface area contributed by atoms with Gasteiger partial charge in [-0.05, 0) is 48.3 Å². The van der Waals surface area contributed by atoms with Crippen LogP contribution >= 0.6 is 0 Å². The van der Waals surface area contributed by atoms with Crippen LogP contribution in [0.5, 0.6) is 5.75 Å². The number of carbonyl (C=O) groups excluding carboxylic acids is 1. The van der Waals surface area contributed by atoms with Gasteiger partial charge in [0.25, 0.3) is 11.1 Å². The lowest BCUT2D eigenvalue weighted by Gasteiger charge is -2.16. The molecule has 1 saturated heterocycles. The number of aromatic amines is 1. The summed E-state index contributed by atoms with van der Waals surface area (Å²) in [5, 5.41) is 0.278. The molecule has 1 fully saturated rings. The van der Waals surface area contributed by atoms with E-state index in [1.54, 1.807) is 48.4 Å². The van der Waals surface area contributed by atoms with Crippen molar-refractivity contribution in [1.29, 1.82) is 0 Å². The summed E-state index contributed by atoms with van der Waals surface area (Å²) in [6.45, 7) is 1.18. The van der Waals surface area contributed by atoms with E-state index in [4.69, 9.17) is 4.74 Å². The van der Waals surface area contributed by atoms with Crippen LogP contribution in [-0.4, -0.2) is 40.6 Å². The normalized spacial score (nSPS) is 14.7. The van der Waals surface area contributed by atoms with Crippen molar-refractivity contribution in [3.05, 3.63) is 97.1 Å². The smallest absolute Gasteiger partial charge is 0.275 e. The Labute approximate surface area is 184 Å². The van der Waals surface area contributed by atoms with Crippen LogP contribution in [0.4, 0.5) is 0 Å². The van der Waals surface area contributed by atoms with Gasteiger partial charge in [-0.3, -0.25) is 19.0 Å².